The van der Waals surface area contributed by atoms with E-state index in [0.29, 0.717) is 5.92 Å². The molecule has 0 bridgehead atoms. The first-order chi connectivity index (χ1) is 34.1. The van der Waals surface area contributed by atoms with Crippen LogP contribution in [0, 0.1) is 5.92 Å². The lowest BCUT2D eigenvalue weighted by Gasteiger charge is -2.20. The first kappa shape index (κ1) is 42.2. The van der Waals surface area contributed by atoms with Crippen molar-refractivity contribution in [3.8, 4) is 67.5 Å². The van der Waals surface area contributed by atoms with Gasteiger partial charge in [0.15, 0.2) is 0 Å². The summed E-state index contributed by atoms with van der Waals surface area (Å²) in [5, 5.41) is 5.09. The molecule has 0 spiro atoms. The molecule has 69 heavy (non-hydrogen) atoms. The lowest BCUT2D eigenvalue weighted by Crippen LogP contribution is -2.12. The van der Waals surface area contributed by atoms with Gasteiger partial charge in [-0.15, -0.1) is 0 Å². The molecule has 0 amide bonds. The van der Waals surface area contributed by atoms with Gasteiger partial charge in [0, 0.05) is 56.2 Å². The van der Waals surface area contributed by atoms with Gasteiger partial charge < -0.3 is 13.7 Å². The topological polar surface area (TPSA) is 27.7 Å². The summed E-state index contributed by atoms with van der Waals surface area (Å²) >= 11 is 0. The molecule has 12 rings (SSSR count). The molecule has 4 nitrogen and oxygen atoms in total. The van der Waals surface area contributed by atoms with Gasteiger partial charge in [0.2, 0.25) is 0 Å². The summed E-state index contributed by atoms with van der Waals surface area (Å²) in [6.45, 7) is 5.55. The number of benzene rings is 9. The summed E-state index contributed by atoms with van der Waals surface area (Å²) in [6.07, 6.45) is 4.73. The average molecular weight is 891 g/mol. The van der Waals surface area contributed by atoms with E-state index in [4.69, 9.17) is 4.98 Å². The van der Waals surface area contributed by atoms with Gasteiger partial charge in [0.25, 0.3) is 0 Å². The number of rotatable bonds is 13. The molecule has 0 aliphatic carbocycles. The number of hydrogen-bond acceptors (Lipinski definition) is 1. The Bertz CT molecular complexity index is 3630. The van der Waals surface area contributed by atoms with Crippen molar-refractivity contribution in [3.05, 3.63) is 224 Å². The predicted octanol–water partition coefficient (Wildman–Crippen LogP) is 17.6. The van der Waals surface area contributed by atoms with Crippen LogP contribution in [0.1, 0.15) is 39.5 Å². The van der Waals surface area contributed by atoms with Gasteiger partial charge in [-0.1, -0.05) is 209 Å². The molecule has 0 saturated carbocycles. The summed E-state index contributed by atoms with van der Waals surface area (Å²) in [7, 11) is 0. The van der Waals surface area contributed by atoms with Gasteiger partial charge in [0.05, 0.1) is 33.5 Å². The standard InChI is InChI=1S/C65H54N4/c1-3-5-17-45(4-2)44-67-64(51-34-30-47(31-35-51)49-38-42-54(43-39-49)69-61-26-15-11-22-57(61)58-23-12-16-27-62(58)69)63(66-65(67)52-18-7-6-8-19-52)50-32-28-46(29-33-50)48-36-40-53(41-37-48)68-59-24-13-9-20-55(59)56-21-10-14-25-60(56)68/h6-16,18-43,45H,3-5,17,44H2,1-2H3. The van der Waals surface area contributed by atoms with E-state index in [-0.39, 0.29) is 0 Å². The van der Waals surface area contributed by atoms with Crippen molar-refractivity contribution in [2.24, 2.45) is 5.92 Å². The summed E-state index contributed by atoms with van der Waals surface area (Å²) in [4.78, 5) is 5.60. The van der Waals surface area contributed by atoms with Crippen LogP contribution in [-0.2, 0) is 6.54 Å². The van der Waals surface area contributed by atoms with Gasteiger partial charge in [0.1, 0.15) is 5.82 Å². The molecule has 9 aromatic carbocycles. The summed E-state index contributed by atoms with van der Waals surface area (Å²) in [5.74, 6) is 1.55. The van der Waals surface area contributed by atoms with Gasteiger partial charge in [-0.2, -0.15) is 0 Å². The normalized spacial score (nSPS) is 12.1. The van der Waals surface area contributed by atoms with Crippen molar-refractivity contribution in [1.29, 1.82) is 0 Å². The molecular formula is C65H54N4. The Morgan fingerprint density at radius 2 is 0.754 bits per heavy atom. The minimum absolute atomic E-state index is 0.536. The summed E-state index contributed by atoms with van der Waals surface area (Å²) < 4.78 is 7.29. The van der Waals surface area contributed by atoms with Crippen molar-refractivity contribution < 1.29 is 0 Å². The van der Waals surface area contributed by atoms with E-state index >= 15 is 0 Å². The van der Waals surface area contributed by atoms with Crippen LogP contribution in [0.5, 0.6) is 0 Å². The van der Waals surface area contributed by atoms with E-state index in [1.54, 1.807) is 0 Å². The molecule has 12 aromatic rings. The van der Waals surface area contributed by atoms with E-state index in [2.05, 4.69) is 252 Å². The van der Waals surface area contributed by atoms with Crippen LogP contribution in [0.15, 0.2) is 224 Å². The lowest BCUT2D eigenvalue weighted by molar-refractivity contribution is 0.394. The molecule has 4 heteroatoms. The maximum absolute atomic E-state index is 5.60. The molecule has 1 unspecified atom stereocenters. The Morgan fingerprint density at radius 3 is 1.17 bits per heavy atom. The molecule has 0 aliphatic rings. The highest BCUT2D eigenvalue weighted by molar-refractivity contribution is 6.10. The molecule has 3 aromatic heterocycles. The molecule has 0 N–H and O–H groups in total. The average Bonchev–Trinajstić information content (AvgIpc) is 4.08. The predicted molar refractivity (Wildman–Crippen MR) is 291 cm³/mol. The zero-order valence-electron chi connectivity index (χ0n) is 39.3. The van der Waals surface area contributed by atoms with Gasteiger partial charge in [-0.3, -0.25) is 0 Å². The summed E-state index contributed by atoms with van der Waals surface area (Å²) in [6, 6.07) is 81.8. The maximum Gasteiger partial charge on any atom is 0.141 e. The fourth-order valence-electron chi connectivity index (χ4n) is 10.8. The minimum atomic E-state index is 0.536. The number of imidazole rings is 1. The monoisotopic (exact) mass is 890 g/mol. The van der Waals surface area contributed by atoms with Crippen LogP contribution in [-0.4, -0.2) is 18.7 Å². The molecule has 334 valence electrons. The molecule has 0 aliphatic heterocycles. The van der Waals surface area contributed by atoms with Gasteiger partial charge >= 0.3 is 0 Å². The Kier molecular flexibility index (Phi) is 11.1. The van der Waals surface area contributed by atoms with E-state index in [1.165, 1.54) is 96.4 Å². The van der Waals surface area contributed by atoms with Crippen LogP contribution in [0.25, 0.3) is 111 Å². The first-order valence-corrected chi connectivity index (χ1v) is 24.7. The summed E-state index contributed by atoms with van der Waals surface area (Å²) in [5.41, 5.74) is 17.5. The van der Waals surface area contributed by atoms with E-state index in [9.17, 15) is 0 Å². The van der Waals surface area contributed by atoms with Crippen molar-refractivity contribution in [3.63, 3.8) is 0 Å². The molecule has 1 atom stereocenters. The number of nitrogens with zero attached hydrogens (tertiary/aromatic N) is 4. The van der Waals surface area contributed by atoms with Crippen molar-refractivity contribution in [2.75, 3.05) is 0 Å². The molecule has 3 heterocycles. The van der Waals surface area contributed by atoms with E-state index in [0.717, 1.165) is 47.0 Å². The quantitative estimate of drug-likeness (QED) is 0.113. The number of para-hydroxylation sites is 4. The Labute approximate surface area is 404 Å². The molecule has 0 radical (unpaired) electrons. The highest BCUT2D eigenvalue weighted by Crippen LogP contribution is 2.40. The highest BCUT2D eigenvalue weighted by Gasteiger charge is 2.24. The van der Waals surface area contributed by atoms with Crippen molar-refractivity contribution in [2.45, 2.75) is 46.1 Å². The zero-order valence-corrected chi connectivity index (χ0v) is 39.3. The third-order valence-corrected chi connectivity index (χ3v) is 14.4. The number of fused-ring (bicyclic) bond motifs is 6. The van der Waals surface area contributed by atoms with Crippen molar-refractivity contribution >= 4 is 43.6 Å². The highest BCUT2D eigenvalue weighted by atomic mass is 15.1. The number of aromatic nitrogens is 4. The smallest absolute Gasteiger partial charge is 0.141 e. The first-order valence-electron chi connectivity index (χ1n) is 24.7. The van der Waals surface area contributed by atoms with Gasteiger partial charge in [-0.25, -0.2) is 4.98 Å². The van der Waals surface area contributed by atoms with Crippen LogP contribution in [0.3, 0.4) is 0 Å². The third-order valence-electron chi connectivity index (χ3n) is 14.4. The van der Waals surface area contributed by atoms with Crippen LogP contribution >= 0.6 is 0 Å². The molecular weight excluding hydrogens is 837 g/mol. The second kappa shape index (κ2) is 18.1. The second-order valence-corrected chi connectivity index (χ2v) is 18.5. The zero-order chi connectivity index (χ0) is 46.3. The largest absolute Gasteiger partial charge is 0.323 e. The van der Waals surface area contributed by atoms with Crippen LogP contribution in [0.4, 0.5) is 0 Å². The number of unbranched alkanes of at least 4 members (excludes halogenated alkanes) is 1. The Balaban J connectivity index is 0.912. The van der Waals surface area contributed by atoms with Crippen LogP contribution < -0.4 is 0 Å². The number of hydrogen-bond donors (Lipinski definition) is 0. The second-order valence-electron chi connectivity index (χ2n) is 18.5. The SMILES string of the molecule is CCCCC(CC)Cn1c(-c2ccccc2)nc(-c2ccc(-c3ccc(-n4c5ccccc5c5ccccc54)cc3)cc2)c1-c1ccc(-c2ccc(-n3c4ccccc4c4ccccc43)cc2)cc1. The Morgan fingerprint density at radius 1 is 0.377 bits per heavy atom. The fraction of sp³-hybridized carbons (Fsp3) is 0.123. The molecule has 0 saturated heterocycles. The molecule has 0 fully saturated rings. The minimum Gasteiger partial charge on any atom is -0.323 e. The maximum atomic E-state index is 5.60. The third kappa shape index (κ3) is 7.63. The van der Waals surface area contributed by atoms with E-state index in [1.807, 2.05) is 0 Å². The fourth-order valence-corrected chi connectivity index (χ4v) is 10.8. The Hall–Kier alpha value is -8.21. The van der Waals surface area contributed by atoms with E-state index < -0.39 is 0 Å². The van der Waals surface area contributed by atoms with Crippen molar-refractivity contribution in [1.82, 2.24) is 18.7 Å². The van der Waals surface area contributed by atoms with Gasteiger partial charge in [-0.05, 0) is 83.1 Å². The lowest BCUT2D eigenvalue weighted by atomic mass is 9.97. The van der Waals surface area contributed by atoms with Crippen LogP contribution in [0.2, 0.25) is 0 Å².